The zero-order valence-corrected chi connectivity index (χ0v) is 12.3. The smallest absolute Gasteiger partial charge is 0.338 e. The lowest BCUT2D eigenvalue weighted by Crippen LogP contribution is -2.29. The molecule has 0 fully saturated rings. The number of aromatic hydroxyl groups is 1. The van der Waals surface area contributed by atoms with E-state index < -0.39 is 12.0 Å². The fraction of sp³-hybridized carbons (Fsp3) is 0.267. The second-order valence-corrected chi connectivity index (χ2v) is 4.89. The number of phenols is 1. The van der Waals surface area contributed by atoms with Crippen molar-refractivity contribution in [3.63, 3.8) is 0 Å². The minimum absolute atomic E-state index is 0.125. The fourth-order valence-electron chi connectivity index (χ4n) is 2.64. The summed E-state index contributed by atoms with van der Waals surface area (Å²) in [5, 5.41) is 17.1. The van der Waals surface area contributed by atoms with E-state index in [9.17, 15) is 9.90 Å². The van der Waals surface area contributed by atoms with Crippen LogP contribution in [-0.4, -0.2) is 33.0 Å². The molecule has 0 bridgehead atoms. The number of nitrogens with zero attached hydrogens (tertiary/aromatic N) is 3. The van der Waals surface area contributed by atoms with Gasteiger partial charge in [-0.2, -0.15) is 10.1 Å². The summed E-state index contributed by atoms with van der Waals surface area (Å²) in [5.74, 6) is 0.247. The molecular weight excluding hydrogens is 284 g/mol. The summed E-state index contributed by atoms with van der Waals surface area (Å²) in [7, 11) is 1.35. The Bertz CT molecular complexity index is 751. The Morgan fingerprint density at radius 3 is 3.00 bits per heavy atom. The van der Waals surface area contributed by atoms with Gasteiger partial charge in [0.25, 0.3) is 0 Å². The maximum atomic E-state index is 12.3. The lowest BCUT2D eigenvalue weighted by Gasteiger charge is -2.28. The molecule has 0 amide bonds. The SMILES string of the molecule is CCC1=C(C(=O)OC)[C@@H](c2cccc(O)c2)n2ncnc2N1. The summed E-state index contributed by atoms with van der Waals surface area (Å²) in [6.45, 7) is 1.94. The number of hydrogen-bond donors (Lipinski definition) is 2. The number of benzene rings is 1. The monoisotopic (exact) mass is 300 g/mol. The fourth-order valence-corrected chi connectivity index (χ4v) is 2.64. The maximum absolute atomic E-state index is 12.3. The quantitative estimate of drug-likeness (QED) is 0.841. The lowest BCUT2D eigenvalue weighted by atomic mass is 9.94. The third-order valence-corrected chi connectivity index (χ3v) is 3.62. The van der Waals surface area contributed by atoms with Crippen molar-refractivity contribution < 1.29 is 14.6 Å². The van der Waals surface area contributed by atoms with Gasteiger partial charge in [0, 0.05) is 5.70 Å². The minimum Gasteiger partial charge on any atom is -0.508 e. The van der Waals surface area contributed by atoms with Gasteiger partial charge in [0.05, 0.1) is 12.7 Å². The maximum Gasteiger partial charge on any atom is 0.338 e. The van der Waals surface area contributed by atoms with Crippen molar-refractivity contribution in [1.29, 1.82) is 0 Å². The van der Waals surface area contributed by atoms with Gasteiger partial charge in [0.1, 0.15) is 18.1 Å². The zero-order chi connectivity index (χ0) is 15.7. The van der Waals surface area contributed by atoms with Crippen LogP contribution in [0.15, 0.2) is 41.9 Å². The van der Waals surface area contributed by atoms with Gasteiger partial charge in [-0.05, 0) is 24.1 Å². The first-order chi connectivity index (χ1) is 10.7. The normalized spacial score (nSPS) is 16.9. The predicted octanol–water partition coefficient (Wildman–Crippen LogP) is 1.84. The van der Waals surface area contributed by atoms with Crippen LogP contribution in [0, 0.1) is 0 Å². The molecule has 0 spiro atoms. The van der Waals surface area contributed by atoms with Crippen LogP contribution in [0.25, 0.3) is 0 Å². The molecule has 1 aliphatic rings. The molecule has 3 rings (SSSR count). The Morgan fingerprint density at radius 2 is 2.32 bits per heavy atom. The number of anilines is 1. The first-order valence-corrected chi connectivity index (χ1v) is 6.92. The molecule has 2 heterocycles. The van der Waals surface area contributed by atoms with Gasteiger partial charge in [-0.3, -0.25) is 0 Å². The molecule has 0 saturated carbocycles. The second-order valence-electron chi connectivity index (χ2n) is 4.89. The number of aromatic nitrogens is 3. The van der Waals surface area contributed by atoms with E-state index in [0.29, 0.717) is 17.9 Å². The van der Waals surface area contributed by atoms with Crippen LogP contribution in [0.5, 0.6) is 5.75 Å². The first-order valence-electron chi connectivity index (χ1n) is 6.92. The molecule has 0 aliphatic carbocycles. The number of carbonyl (C=O) groups is 1. The van der Waals surface area contributed by atoms with E-state index in [2.05, 4.69) is 15.4 Å². The lowest BCUT2D eigenvalue weighted by molar-refractivity contribution is -0.136. The number of esters is 1. The van der Waals surface area contributed by atoms with Crippen molar-refractivity contribution in [2.24, 2.45) is 0 Å². The molecule has 1 atom stereocenters. The van der Waals surface area contributed by atoms with Crippen molar-refractivity contribution in [3.8, 4) is 5.75 Å². The summed E-state index contributed by atoms with van der Waals surface area (Å²) in [4.78, 5) is 16.5. The van der Waals surface area contributed by atoms with Gasteiger partial charge >= 0.3 is 5.97 Å². The molecule has 1 aromatic heterocycles. The first kappa shape index (κ1) is 14.1. The summed E-state index contributed by atoms with van der Waals surface area (Å²) in [5.41, 5.74) is 1.94. The van der Waals surface area contributed by atoms with Gasteiger partial charge in [-0.25, -0.2) is 9.48 Å². The van der Waals surface area contributed by atoms with Crippen molar-refractivity contribution in [2.45, 2.75) is 19.4 Å². The van der Waals surface area contributed by atoms with Crippen LogP contribution < -0.4 is 5.32 Å². The summed E-state index contributed by atoms with van der Waals surface area (Å²) in [6, 6.07) is 6.25. The van der Waals surface area contributed by atoms with Crippen LogP contribution in [0.1, 0.15) is 24.9 Å². The highest BCUT2D eigenvalue weighted by Crippen LogP contribution is 2.36. The van der Waals surface area contributed by atoms with Crippen molar-refractivity contribution in [2.75, 3.05) is 12.4 Å². The molecule has 114 valence electrons. The zero-order valence-electron chi connectivity index (χ0n) is 12.3. The van der Waals surface area contributed by atoms with Gasteiger partial charge in [-0.15, -0.1) is 0 Å². The predicted molar refractivity (Wildman–Crippen MR) is 79.2 cm³/mol. The summed E-state index contributed by atoms with van der Waals surface area (Å²) in [6.07, 6.45) is 2.04. The number of ether oxygens (including phenoxy) is 1. The highest BCUT2D eigenvalue weighted by molar-refractivity contribution is 5.92. The summed E-state index contributed by atoms with van der Waals surface area (Å²) < 4.78 is 6.55. The molecule has 2 N–H and O–H groups in total. The Morgan fingerprint density at radius 1 is 1.50 bits per heavy atom. The number of methoxy groups -OCH3 is 1. The van der Waals surface area contributed by atoms with Crippen molar-refractivity contribution >= 4 is 11.9 Å². The molecule has 0 unspecified atom stereocenters. The van der Waals surface area contributed by atoms with Gasteiger partial charge < -0.3 is 15.2 Å². The van der Waals surface area contributed by atoms with E-state index in [4.69, 9.17) is 4.74 Å². The van der Waals surface area contributed by atoms with E-state index in [1.54, 1.807) is 22.9 Å². The van der Waals surface area contributed by atoms with E-state index >= 15 is 0 Å². The Labute approximate surface area is 127 Å². The molecule has 1 aliphatic heterocycles. The highest BCUT2D eigenvalue weighted by atomic mass is 16.5. The molecule has 1 aromatic carbocycles. The van der Waals surface area contributed by atoms with Crippen LogP contribution >= 0.6 is 0 Å². The standard InChI is InChI=1S/C15H16N4O3/c1-3-11-12(14(21)22-2)13(9-5-4-6-10(20)7-9)19-15(18-11)16-8-17-19/h4-8,13,20H,3H2,1-2H3,(H,16,17,18)/t13-/m1/s1. The molecule has 0 saturated heterocycles. The molecular formula is C15H16N4O3. The molecule has 22 heavy (non-hydrogen) atoms. The van der Waals surface area contributed by atoms with E-state index in [1.807, 2.05) is 13.0 Å². The van der Waals surface area contributed by atoms with Crippen molar-refractivity contribution in [1.82, 2.24) is 14.8 Å². The largest absolute Gasteiger partial charge is 0.508 e. The van der Waals surface area contributed by atoms with E-state index in [0.717, 1.165) is 11.3 Å². The third-order valence-electron chi connectivity index (χ3n) is 3.62. The van der Waals surface area contributed by atoms with Crippen LogP contribution in [0.4, 0.5) is 5.95 Å². The van der Waals surface area contributed by atoms with Crippen molar-refractivity contribution in [3.05, 3.63) is 47.4 Å². The Kier molecular flexibility index (Phi) is 3.54. The Balaban J connectivity index is 2.22. The van der Waals surface area contributed by atoms with Gasteiger partial charge in [-0.1, -0.05) is 19.1 Å². The summed E-state index contributed by atoms with van der Waals surface area (Å²) >= 11 is 0. The number of phenolic OH excluding ortho intramolecular Hbond substituents is 1. The number of carbonyl (C=O) groups excluding carboxylic acids is 1. The Hall–Kier alpha value is -2.83. The molecule has 2 aromatic rings. The number of hydrogen-bond acceptors (Lipinski definition) is 6. The third kappa shape index (κ3) is 2.20. The number of rotatable bonds is 3. The van der Waals surface area contributed by atoms with Crippen LogP contribution in [0.3, 0.4) is 0 Å². The average Bonchev–Trinajstić information content (AvgIpc) is 3.00. The molecule has 0 radical (unpaired) electrons. The second kappa shape index (κ2) is 5.51. The van der Waals surface area contributed by atoms with Crippen LogP contribution in [-0.2, 0) is 9.53 Å². The number of fused-ring (bicyclic) bond motifs is 1. The molecule has 7 nitrogen and oxygen atoms in total. The van der Waals surface area contributed by atoms with E-state index in [-0.39, 0.29) is 5.75 Å². The van der Waals surface area contributed by atoms with Crippen LogP contribution in [0.2, 0.25) is 0 Å². The van der Waals surface area contributed by atoms with Gasteiger partial charge in [0.2, 0.25) is 5.95 Å². The van der Waals surface area contributed by atoms with E-state index in [1.165, 1.54) is 13.4 Å². The number of nitrogens with one attached hydrogen (secondary N) is 1. The molecule has 7 heteroatoms. The average molecular weight is 300 g/mol. The highest BCUT2D eigenvalue weighted by Gasteiger charge is 2.34. The topological polar surface area (TPSA) is 89.3 Å². The minimum atomic E-state index is -0.492. The number of allylic oxidation sites excluding steroid dienone is 1. The van der Waals surface area contributed by atoms with Gasteiger partial charge in [0.15, 0.2) is 0 Å².